The highest BCUT2D eigenvalue weighted by Gasteiger charge is 2.20. The van der Waals surface area contributed by atoms with E-state index in [9.17, 15) is 9.50 Å². The van der Waals surface area contributed by atoms with Crippen LogP contribution in [-0.2, 0) is 13.0 Å². The molecule has 88 valence electrons. The fourth-order valence-electron chi connectivity index (χ4n) is 2.27. The summed E-state index contributed by atoms with van der Waals surface area (Å²) in [7, 11) is 0. The normalized spacial score (nSPS) is 19.1. The maximum atomic E-state index is 12.9. The second-order valence-electron chi connectivity index (χ2n) is 4.38. The van der Waals surface area contributed by atoms with Crippen molar-refractivity contribution >= 4 is 0 Å². The van der Waals surface area contributed by atoms with Crippen molar-refractivity contribution in [2.75, 3.05) is 0 Å². The van der Waals surface area contributed by atoms with Crippen LogP contribution in [-0.4, -0.2) is 20.8 Å². The number of fused-ring (bicyclic) bond motifs is 1. The van der Waals surface area contributed by atoms with Crippen LogP contribution in [0.3, 0.4) is 0 Å². The fourth-order valence-corrected chi connectivity index (χ4v) is 2.27. The Labute approximate surface area is 98.5 Å². The van der Waals surface area contributed by atoms with Gasteiger partial charge < -0.3 is 9.67 Å². The van der Waals surface area contributed by atoms with Crippen molar-refractivity contribution in [1.82, 2.24) is 9.55 Å². The highest BCUT2D eigenvalue weighted by molar-refractivity contribution is 5.56. The minimum Gasteiger partial charge on any atom is -0.393 e. The summed E-state index contributed by atoms with van der Waals surface area (Å²) in [6, 6.07) is 6.34. The molecular weight excluding hydrogens is 219 g/mol. The van der Waals surface area contributed by atoms with Gasteiger partial charge in [-0.1, -0.05) is 0 Å². The van der Waals surface area contributed by atoms with Crippen LogP contribution in [0.5, 0.6) is 0 Å². The molecule has 0 aliphatic carbocycles. The summed E-state index contributed by atoms with van der Waals surface area (Å²) in [6.07, 6.45) is 2.92. The molecule has 1 atom stereocenters. The minimum absolute atomic E-state index is 0.241. The highest BCUT2D eigenvalue weighted by atomic mass is 19.1. The number of imidazole rings is 1. The van der Waals surface area contributed by atoms with E-state index in [1.165, 1.54) is 12.1 Å². The first-order valence-corrected chi connectivity index (χ1v) is 5.72. The van der Waals surface area contributed by atoms with Gasteiger partial charge in [0.25, 0.3) is 0 Å². The monoisotopic (exact) mass is 232 g/mol. The summed E-state index contributed by atoms with van der Waals surface area (Å²) in [5, 5.41) is 9.58. The third-order valence-corrected chi connectivity index (χ3v) is 3.17. The van der Waals surface area contributed by atoms with Crippen LogP contribution in [0.4, 0.5) is 4.39 Å². The van der Waals surface area contributed by atoms with Crippen LogP contribution in [0, 0.1) is 5.82 Å². The predicted molar refractivity (Wildman–Crippen MR) is 61.9 cm³/mol. The number of aliphatic hydroxyl groups excluding tert-OH is 1. The van der Waals surface area contributed by atoms with Crippen molar-refractivity contribution in [3.05, 3.63) is 42.0 Å². The van der Waals surface area contributed by atoms with E-state index in [4.69, 9.17) is 0 Å². The number of aliphatic hydroxyl groups is 1. The Bertz CT molecular complexity index is 533. The molecule has 0 spiro atoms. The minimum atomic E-state index is -0.264. The van der Waals surface area contributed by atoms with Gasteiger partial charge in [-0.25, -0.2) is 9.37 Å². The number of hydrogen-bond acceptors (Lipinski definition) is 2. The predicted octanol–water partition coefficient (Wildman–Crippen LogP) is 2.00. The summed E-state index contributed by atoms with van der Waals surface area (Å²) < 4.78 is 15.0. The van der Waals surface area contributed by atoms with Crippen molar-refractivity contribution < 1.29 is 9.50 Å². The molecule has 1 N–H and O–H groups in total. The molecule has 0 saturated carbocycles. The third kappa shape index (κ3) is 1.85. The number of aromatic nitrogens is 2. The number of hydrogen-bond donors (Lipinski definition) is 1. The van der Waals surface area contributed by atoms with Crippen LogP contribution in [0.15, 0.2) is 30.5 Å². The number of halogens is 1. The average molecular weight is 232 g/mol. The molecule has 1 unspecified atom stereocenters. The highest BCUT2D eigenvalue weighted by Crippen LogP contribution is 2.24. The van der Waals surface area contributed by atoms with E-state index < -0.39 is 0 Å². The maximum Gasteiger partial charge on any atom is 0.140 e. The number of benzene rings is 1. The molecule has 3 nitrogen and oxygen atoms in total. The van der Waals surface area contributed by atoms with Crippen LogP contribution in [0.1, 0.15) is 12.1 Å². The van der Waals surface area contributed by atoms with Gasteiger partial charge in [0, 0.05) is 30.4 Å². The number of nitrogens with zero attached hydrogens (tertiary/aromatic N) is 2. The van der Waals surface area contributed by atoms with Gasteiger partial charge in [-0.2, -0.15) is 0 Å². The van der Waals surface area contributed by atoms with Crippen molar-refractivity contribution in [3.63, 3.8) is 0 Å². The molecule has 0 fully saturated rings. The Kier molecular flexibility index (Phi) is 2.44. The standard InChI is InChI=1S/C13H13FN2O/c14-10-3-1-9(2-4-10)13-15-8-11-7-12(17)5-6-16(11)13/h1-4,8,12,17H,5-7H2. The molecule has 0 saturated heterocycles. The molecule has 1 aromatic heterocycles. The van der Waals surface area contributed by atoms with E-state index in [0.717, 1.165) is 30.0 Å². The van der Waals surface area contributed by atoms with Crippen LogP contribution < -0.4 is 0 Å². The summed E-state index contributed by atoms with van der Waals surface area (Å²) in [4.78, 5) is 4.36. The largest absolute Gasteiger partial charge is 0.393 e. The SMILES string of the molecule is OC1CCn2c(cnc2-c2ccc(F)cc2)C1. The van der Waals surface area contributed by atoms with Gasteiger partial charge in [0.1, 0.15) is 11.6 Å². The second-order valence-corrected chi connectivity index (χ2v) is 4.38. The molecule has 0 bridgehead atoms. The quantitative estimate of drug-likeness (QED) is 0.816. The van der Waals surface area contributed by atoms with Crippen LogP contribution in [0.2, 0.25) is 0 Å². The zero-order valence-corrected chi connectivity index (χ0v) is 9.31. The van der Waals surface area contributed by atoms with E-state index in [1.807, 2.05) is 0 Å². The Morgan fingerprint density at radius 1 is 1.29 bits per heavy atom. The third-order valence-electron chi connectivity index (χ3n) is 3.17. The average Bonchev–Trinajstić information content (AvgIpc) is 2.73. The van der Waals surface area contributed by atoms with Gasteiger partial charge in [0.15, 0.2) is 0 Å². The molecule has 0 amide bonds. The topological polar surface area (TPSA) is 38.0 Å². The van der Waals surface area contributed by atoms with E-state index in [1.54, 1.807) is 18.3 Å². The number of rotatable bonds is 1. The Balaban J connectivity index is 2.02. The first-order valence-electron chi connectivity index (χ1n) is 5.72. The zero-order valence-electron chi connectivity index (χ0n) is 9.31. The lowest BCUT2D eigenvalue weighted by molar-refractivity contribution is 0.144. The van der Waals surface area contributed by atoms with Gasteiger partial charge in [-0.05, 0) is 30.7 Å². The lowest BCUT2D eigenvalue weighted by Gasteiger charge is -2.21. The lowest BCUT2D eigenvalue weighted by atomic mass is 10.1. The molecule has 1 aliphatic heterocycles. The molecule has 1 aliphatic rings. The van der Waals surface area contributed by atoms with Gasteiger partial charge >= 0.3 is 0 Å². The van der Waals surface area contributed by atoms with E-state index in [2.05, 4.69) is 9.55 Å². The van der Waals surface area contributed by atoms with Crippen LogP contribution in [0.25, 0.3) is 11.4 Å². The maximum absolute atomic E-state index is 12.9. The first kappa shape index (κ1) is 10.5. The van der Waals surface area contributed by atoms with E-state index in [0.29, 0.717) is 6.42 Å². The first-order chi connectivity index (χ1) is 8.24. The Morgan fingerprint density at radius 2 is 2.06 bits per heavy atom. The molecule has 0 radical (unpaired) electrons. The summed E-state index contributed by atoms with van der Waals surface area (Å²) >= 11 is 0. The Morgan fingerprint density at radius 3 is 2.82 bits per heavy atom. The van der Waals surface area contributed by atoms with Gasteiger partial charge in [0.2, 0.25) is 0 Å². The molecule has 1 aromatic carbocycles. The van der Waals surface area contributed by atoms with Gasteiger partial charge in [-0.3, -0.25) is 0 Å². The zero-order chi connectivity index (χ0) is 11.8. The van der Waals surface area contributed by atoms with Crippen molar-refractivity contribution in [3.8, 4) is 11.4 Å². The van der Waals surface area contributed by atoms with Gasteiger partial charge in [-0.15, -0.1) is 0 Å². The second kappa shape index (κ2) is 3.96. The van der Waals surface area contributed by atoms with Gasteiger partial charge in [0.05, 0.1) is 6.10 Å². The van der Waals surface area contributed by atoms with E-state index >= 15 is 0 Å². The van der Waals surface area contributed by atoms with Crippen molar-refractivity contribution in [2.24, 2.45) is 0 Å². The van der Waals surface area contributed by atoms with Crippen molar-refractivity contribution in [2.45, 2.75) is 25.5 Å². The lowest BCUT2D eigenvalue weighted by Crippen LogP contribution is -2.22. The molecule has 2 aromatic rings. The molecule has 2 heterocycles. The summed E-state index contributed by atoms with van der Waals surface area (Å²) in [5.74, 6) is 0.612. The fraction of sp³-hybridized carbons (Fsp3) is 0.308. The summed E-state index contributed by atoms with van der Waals surface area (Å²) in [5.41, 5.74) is 1.96. The smallest absolute Gasteiger partial charge is 0.140 e. The van der Waals surface area contributed by atoms with E-state index in [-0.39, 0.29) is 11.9 Å². The van der Waals surface area contributed by atoms with Crippen LogP contribution >= 0.6 is 0 Å². The molecular formula is C13H13FN2O. The summed E-state index contributed by atoms with van der Waals surface area (Å²) in [6.45, 7) is 0.767. The molecule has 3 rings (SSSR count). The van der Waals surface area contributed by atoms with Crippen molar-refractivity contribution in [1.29, 1.82) is 0 Å². The molecule has 17 heavy (non-hydrogen) atoms. The Hall–Kier alpha value is -1.68. The molecule has 4 heteroatoms.